The van der Waals surface area contributed by atoms with Gasteiger partial charge in [0, 0.05) is 18.5 Å². The minimum absolute atomic E-state index is 0. The van der Waals surface area contributed by atoms with E-state index in [2.05, 4.69) is 66.9 Å². The van der Waals surface area contributed by atoms with Crippen molar-refractivity contribution in [2.75, 3.05) is 13.1 Å². The van der Waals surface area contributed by atoms with Crippen molar-refractivity contribution in [1.29, 1.82) is 0 Å². The molecule has 0 radical (unpaired) electrons. The Hall–Kier alpha value is -1.58. The lowest BCUT2D eigenvalue weighted by Crippen LogP contribution is -2.39. The number of benzene rings is 2. The summed E-state index contributed by atoms with van der Waals surface area (Å²) in [7, 11) is 0. The van der Waals surface area contributed by atoms with Gasteiger partial charge >= 0.3 is 0 Å². The molecule has 3 rings (SSSR count). The van der Waals surface area contributed by atoms with Crippen LogP contribution in [0.4, 0.5) is 0 Å². The molecule has 23 heavy (non-hydrogen) atoms. The quantitative estimate of drug-likeness (QED) is 0.850. The molecule has 0 aliphatic heterocycles. The molecule has 0 heterocycles. The Morgan fingerprint density at radius 2 is 1.96 bits per heavy atom. The van der Waals surface area contributed by atoms with E-state index in [9.17, 15) is 4.79 Å². The second kappa shape index (κ2) is 7.80. The number of likely N-dealkylation sites (N-methyl/N-ethyl adjacent to an activating group) is 1. The van der Waals surface area contributed by atoms with Crippen molar-refractivity contribution in [3.63, 3.8) is 0 Å². The number of carbonyl (C=O) groups excluding carboxylic acids is 1. The third-order valence-corrected chi connectivity index (χ3v) is 4.49. The Bertz CT molecular complexity index is 668. The number of hydrogen-bond donors (Lipinski definition) is 2. The second-order valence-electron chi connectivity index (χ2n) is 6.22. The highest BCUT2D eigenvalue weighted by atomic mass is 35.5. The van der Waals surface area contributed by atoms with E-state index in [0.717, 1.165) is 13.0 Å². The summed E-state index contributed by atoms with van der Waals surface area (Å²) < 4.78 is 0. The Kier molecular flexibility index (Phi) is 6.03. The number of halogens is 1. The summed E-state index contributed by atoms with van der Waals surface area (Å²) >= 11 is 0. The zero-order valence-electron chi connectivity index (χ0n) is 13.7. The topological polar surface area (TPSA) is 41.1 Å². The van der Waals surface area contributed by atoms with Crippen LogP contribution in [0.5, 0.6) is 0 Å². The number of hydrogen-bond acceptors (Lipinski definition) is 2. The van der Waals surface area contributed by atoms with Gasteiger partial charge < -0.3 is 10.6 Å². The minimum atomic E-state index is 0. The fourth-order valence-electron chi connectivity index (χ4n) is 3.21. The van der Waals surface area contributed by atoms with Gasteiger partial charge in [-0.15, -0.1) is 12.4 Å². The van der Waals surface area contributed by atoms with E-state index < -0.39 is 0 Å². The highest BCUT2D eigenvalue weighted by Crippen LogP contribution is 2.49. The normalized spacial score (nSPS) is 20.6. The lowest BCUT2D eigenvalue weighted by Gasteiger charge is -2.13. The first kappa shape index (κ1) is 17.8. The molecule has 3 nitrogen and oxygen atoms in total. The molecule has 1 amide bonds. The van der Waals surface area contributed by atoms with Gasteiger partial charge in [0.05, 0.1) is 0 Å². The molecule has 1 fully saturated rings. The Morgan fingerprint density at radius 1 is 1.22 bits per heavy atom. The van der Waals surface area contributed by atoms with E-state index in [4.69, 9.17) is 0 Å². The van der Waals surface area contributed by atoms with Crippen molar-refractivity contribution in [3.05, 3.63) is 48.0 Å². The third-order valence-electron chi connectivity index (χ3n) is 4.49. The van der Waals surface area contributed by atoms with Crippen molar-refractivity contribution in [2.24, 2.45) is 5.92 Å². The highest BCUT2D eigenvalue weighted by molar-refractivity contribution is 5.89. The van der Waals surface area contributed by atoms with Crippen LogP contribution >= 0.6 is 12.4 Å². The maximum absolute atomic E-state index is 12.3. The van der Waals surface area contributed by atoms with Crippen LogP contribution in [0.2, 0.25) is 0 Å². The summed E-state index contributed by atoms with van der Waals surface area (Å²) in [6, 6.07) is 15.1. The van der Waals surface area contributed by atoms with Crippen molar-refractivity contribution in [3.8, 4) is 0 Å². The van der Waals surface area contributed by atoms with Crippen LogP contribution in [0.15, 0.2) is 42.5 Å². The Balaban J connectivity index is 0.00000192. The second-order valence-corrected chi connectivity index (χ2v) is 6.22. The molecule has 2 aromatic rings. The van der Waals surface area contributed by atoms with Crippen LogP contribution in [-0.4, -0.2) is 25.0 Å². The SMILES string of the molecule is CCN[C@H](C)CNC(=O)C1CC1c1cccc2ccccc12.Cl. The number of nitrogens with one attached hydrogen (secondary N) is 2. The van der Waals surface area contributed by atoms with Crippen molar-refractivity contribution >= 4 is 29.1 Å². The average molecular weight is 333 g/mol. The molecule has 2 unspecified atom stereocenters. The molecule has 0 bridgehead atoms. The van der Waals surface area contributed by atoms with E-state index in [1.807, 2.05) is 0 Å². The summed E-state index contributed by atoms with van der Waals surface area (Å²) in [6.45, 7) is 5.80. The highest BCUT2D eigenvalue weighted by Gasteiger charge is 2.44. The number of fused-ring (bicyclic) bond motifs is 1. The van der Waals surface area contributed by atoms with E-state index in [1.165, 1.54) is 16.3 Å². The summed E-state index contributed by atoms with van der Waals surface area (Å²) in [5, 5.41) is 8.93. The smallest absolute Gasteiger partial charge is 0.223 e. The summed E-state index contributed by atoms with van der Waals surface area (Å²) in [4.78, 5) is 12.3. The predicted octanol–water partition coefficient (Wildman–Crippen LogP) is 3.48. The van der Waals surface area contributed by atoms with E-state index in [-0.39, 0.29) is 24.2 Å². The van der Waals surface area contributed by atoms with E-state index >= 15 is 0 Å². The van der Waals surface area contributed by atoms with Crippen molar-refractivity contribution in [2.45, 2.75) is 32.2 Å². The molecule has 1 saturated carbocycles. The molecular weight excluding hydrogens is 308 g/mol. The molecule has 124 valence electrons. The van der Waals surface area contributed by atoms with Crippen molar-refractivity contribution in [1.82, 2.24) is 10.6 Å². The van der Waals surface area contributed by atoms with Crippen molar-refractivity contribution < 1.29 is 4.79 Å². The molecule has 0 spiro atoms. The number of amides is 1. The third kappa shape index (κ3) is 4.04. The van der Waals surface area contributed by atoms with Crippen LogP contribution in [0, 0.1) is 5.92 Å². The zero-order valence-corrected chi connectivity index (χ0v) is 14.5. The first-order valence-electron chi connectivity index (χ1n) is 8.19. The summed E-state index contributed by atoms with van der Waals surface area (Å²) in [5.74, 6) is 0.711. The van der Waals surface area contributed by atoms with E-state index in [1.54, 1.807) is 0 Å². The average Bonchev–Trinajstić information content (AvgIpc) is 3.33. The summed E-state index contributed by atoms with van der Waals surface area (Å²) in [6.07, 6.45) is 0.968. The van der Waals surface area contributed by atoms with Gasteiger partial charge in [-0.05, 0) is 42.1 Å². The number of rotatable bonds is 6. The predicted molar refractivity (Wildman–Crippen MR) is 98.2 cm³/mol. The molecule has 1 aliphatic carbocycles. The molecule has 2 aromatic carbocycles. The maximum Gasteiger partial charge on any atom is 0.223 e. The Labute approximate surface area is 144 Å². The number of carbonyl (C=O) groups is 1. The molecule has 2 N–H and O–H groups in total. The fraction of sp³-hybridized carbons (Fsp3) is 0.421. The first-order valence-corrected chi connectivity index (χ1v) is 8.19. The van der Waals surface area contributed by atoms with Crippen LogP contribution in [0.3, 0.4) is 0 Å². The van der Waals surface area contributed by atoms with Crippen LogP contribution in [0.25, 0.3) is 10.8 Å². The lowest BCUT2D eigenvalue weighted by molar-refractivity contribution is -0.122. The molecule has 3 atom stereocenters. The standard InChI is InChI=1S/C19H24N2O.ClH/c1-3-20-13(2)12-21-19(22)18-11-17(18)16-10-6-8-14-7-4-5-9-15(14)16;/h4-10,13,17-18,20H,3,11-12H2,1-2H3,(H,21,22);1H/t13-,17?,18?;/m1./s1. The van der Waals surface area contributed by atoms with E-state index in [0.29, 0.717) is 18.5 Å². The van der Waals surface area contributed by atoms with Gasteiger partial charge in [-0.1, -0.05) is 49.4 Å². The minimum Gasteiger partial charge on any atom is -0.354 e. The van der Waals surface area contributed by atoms with Gasteiger partial charge in [0.25, 0.3) is 0 Å². The molecular formula is C19H25ClN2O. The van der Waals surface area contributed by atoms with Gasteiger partial charge in [-0.3, -0.25) is 4.79 Å². The molecule has 1 aliphatic rings. The largest absolute Gasteiger partial charge is 0.354 e. The van der Waals surface area contributed by atoms with Gasteiger partial charge in [-0.2, -0.15) is 0 Å². The zero-order chi connectivity index (χ0) is 15.5. The lowest BCUT2D eigenvalue weighted by atomic mass is 10.00. The fourth-order valence-corrected chi connectivity index (χ4v) is 3.21. The molecule has 4 heteroatoms. The Morgan fingerprint density at radius 3 is 2.74 bits per heavy atom. The molecule has 0 aromatic heterocycles. The van der Waals surface area contributed by atoms with Gasteiger partial charge in [-0.25, -0.2) is 0 Å². The molecule has 0 saturated heterocycles. The van der Waals surface area contributed by atoms with Crippen LogP contribution in [-0.2, 0) is 4.79 Å². The monoisotopic (exact) mass is 332 g/mol. The maximum atomic E-state index is 12.3. The van der Waals surface area contributed by atoms with Crippen LogP contribution in [0.1, 0.15) is 31.7 Å². The van der Waals surface area contributed by atoms with Gasteiger partial charge in [0.15, 0.2) is 0 Å². The van der Waals surface area contributed by atoms with Gasteiger partial charge in [0.1, 0.15) is 0 Å². The van der Waals surface area contributed by atoms with Gasteiger partial charge in [0.2, 0.25) is 5.91 Å². The first-order chi connectivity index (χ1) is 10.7. The van der Waals surface area contributed by atoms with Crippen LogP contribution < -0.4 is 10.6 Å². The summed E-state index contributed by atoms with van der Waals surface area (Å²) in [5.41, 5.74) is 1.32.